The minimum atomic E-state index is -1.68. The van der Waals surface area contributed by atoms with E-state index < -0.39 is 90.5 Å². The van der Waals surface area contributed by atoms with Gasteiger partial charge in [0.2, 0.25) is 41.4 Å². The maximum atomic E-state index is 14.3. The predicted molar refractivity (Wildman–Crippen MR) is 220 cm³/mol. The molecule has 4 rings (SSSR count). The average Bonchev–Trinajstić information content (AvgIpc) is 3.82. The van der Waals surface area contributed by atoms with Crippen LogP contribution in [0.25, 0.3) is 10.9 Å². The van der Waals surface area contributed by atoms with Crippen LogP contribution < -0.4 is 43.8 Å². The summed E-state index contributed by atoms with van der Waals surface area (Å²) >= 11 is 0. The fourth-order valence-electron chi connectivity index (χ4n) is 6.39. The molecular formula is C36H53N11O9S2. The van der Waals surface area contributed by atoms with E-state index in [9.17, 15) is 43.5 Å². The van der Waals surface area contributed by atoms with Crippen LogP contribution in [0.1, 0.15) is 57.9 Å². The quantitative estimate of drug-likeness (QED) is 0.0569. The van der Waals surface area contributed by atoms with Crippen molar-refractivity contribution in [3.63, 3.8) is 0 Å². The maximum absolute atomic E-state index is 14.3. The van der Waals surface area contributed by atoms with Gasteiger partial charge in [0.1, 0.15) is 30.2 Å². The van der Waals surface area contributed by atoms with Crippen molar-refractivity contribution in [3.8, 4) is 0 Å². The molecule has 1 aromatic carbocycles. The van der Waals surface area contributed by atoms with Gasteiger partial charge in [0.15, 0.2) is 5.96 Å². The number of primary amides is 1. The highest BCUT2D eigenvalue weighted by Crippen LogP contribution is 2.25. The van der Waals surface area contributed by atoms with E-state index in [0.717, 1.165) is 10.9 Å². The van der Waals surface area contributed by atoms with E-state index in [1.807, 2.05) is 18.2 Å². The van der Waals surface area contributed by atoms with Crippen LogP contribution in [0.2, 0.25) is 0 Å². The second-order valence-electron chi connectivity index (χ2n) is 13.5. The second kappa shape index (κ2) is 23.0. The number of carbonyl (C=O) groups excluding carboxylic acids is 7. The Morgan fingerprint density at radius 1 is 0.879 bits per heavy atom. The summed E-state index contributed by atoms with van der Waals surface area (Å²) in [5.74, 6) is -6.35. The summed E-state index contributed by atoms with van der Waals surface area (Å²) in [4.78, 5) is 114. The summed E-state index contributed by atoms with van der Waals surface area (Å²) in [5.41, 5.74) is 17.8. The Kier molecular flexibility index (Phi) is 18.6. The number of nitrogens with two attached hydrogens (primary N) is 3. The van der Waals surface area contributed by atoms with E-state index in [-0.39, 0.29) is 63.7 Å². The van der Waals surface area contributed by atoms with Crippen LogP contribution in [0.15, 0.2) is 35.5 Å². The molecule has 22 heteroatoms. The number of hydrogen-bond acceptors (Lipinski definition) is 11. The smallest absolute Gasteiger partial charge is 0.305 e. The van der Waals surface area contributed by atoms with Gasteiger partial charge >= 0.3 is 5.97 Å². The largest absolute Gasteiger partial charge is 0.481 e. The lowest BCUT2D eigenvalue weighted by Gasteiger charge is -2.30. The van der Waals surface area contributed by atoms with Crippen LogP contribution in [0.4, 0.5) is 0 Å². The standard InChI is InChI=1S/C35H49N11O9S2.CH4/c36-30(51)25-18-57-56-13-10-27(47)42-22(8-3-4-11-39-35(37)38)31(52)41-17-28(48)43-23(15-29(49)50)32(53)44-24(14-19-16-40-21-7-2-1-6-20(19)21)34(55)46-12-5-9-26(46)33(54)45-25;/h1-2,6-7,16,22-26,40H,3-5,8-15,17-18H2,(H2,36,51)(H,41,52)(H,42,47)(H,43,48)(H,44,53)(H,45,54)(H,49,50)(H4,37,38,39);1H4. The predicted octanol–water partition coefficient (Wildman–Crippen LogP) is -1.42. The summed E-state index contributed by atoms with van der Waals surface area (Å²) in [7, 11) is 2.45. The summed E-state index contributed by atoms with van der Waals surface area (Å²) in [6, 6.07) is 1.07. The molecule has 5 atom stereocenters. The Hall–Kier alpha value is -5.51. The normalized spacial score (nSPS) is 23.2. The SMILES string of the molecule is C.NC(=O)C1CSSCCC(=O)NC(CCCCN=C(N)N)C(=O)NCC(=O)NC(CC(=O)O)C(=O)NC(Cc2c[nH]c3ccccc23)C(=O)N2CCCC2C(=O)N1. The monoisotopic (exact) mass is 847 g/mol. The van der Waals surface area contributed by atoms with E-state index in [4.69, 9.17) is 17.2 Å². The van der Waals surface area contributed by atoms with Gasteiger partial charge in [-0.25, -0.2) is 0 Å². The van der Waals surface area contributed by atoms with Crippen molar-refractivity contribution in [2.75, 3.05) is 31.1 Å². The van der Waals surface area contributed by atoms with E-state index in [1.165, 1.54) is 26.5 Å². The van der Waals surface area contributed by atoms with Gasteiger partial charge in [0, 0.05) is 54.5 Å². The molecule has 58 heavy (non-hydrogen) atoms. The number of fused-ring (bicyclic) bond motifs is 2. The topological polar surface area (TPSA) is 326 Å². The number of benzene rings is 1. The van der Waals surface area contributed by atoms with Gasteiger partial charge in [0.05, 0.1) is 13.0 Å². The van der Waals surface area contributed by atoms with Crippen molar-refractivity contribution in [1.29, 1.82) is 0 Å². The number of carboxylic acid groups (broad SMARTS) is 1. The molecule has 2 aliphatic heterocycles. The Balaban J connectivity index is 0.00000900. The molecule has 318 valence electrons. The lowest BCUT2D eigenvalue weighted by atomic mass is 10.0. The third-order valence-corrected chi connectivity index (χ3v) is 11.7. The number of H-pyrrole nitrogens is 1. The summed E-state index contributed by atoms with van der Waals surface area (Å²) in [6.45, 7) is -0.233. The van der Waals surface area contributed by atoms with Gasteiger partial charge in [-0.3, -0.25) is 43.3 Å². The maximum Gasteiger partial charge on any atom is 0.305 e. The summed E-state index contributed by atoms with van der Waals surface area (Å²) < 4.78 is 0. The number of unbranched alkanes of at least 4 members (excludes halogenated alkanes) is 1. The highest BCUT2D eigenvalue weighted by molar-refractivity contribution is 8.76. The van der Waals surface area contributed by atoms with Crippen molar-refractivity contribution in [3.05, 3.63) is 36.0 Å². The fourth-order valence-corrected chi connectivity index (χ4v) is 8.56. The summed E-state index contributed by atoms with van der Waals surface area (Å²) in [6.07, 6.45) is 2.48. The highest BCUT2D eigenvalue weighted by atomic mass is 33.1. The van der Waals surface area contributed by atoms with Crippen LogP contribution in [-0.4, -0.2) is 130 Å². The first kappa shape index (κ1) is 46.9. The number of guanidine groups is 1. The van der Waals surface area contributed by atoms with Crippen molar-refractivity contribution < 1.29 is 43.5 Å². The van der Waals surface area contributed by atoms with Gasteiger partial charge in [-0.1, -0.05) is 47.2 Å². The molecule has 0 saturated carbocycles. The number of nitrogens with one attached hydrogen (secondary N) is 6. The molecule has 2 fully saturated rings. The van der Waals surface area contributed by atoms with Crippen molar-refractivity contribution in [1.82, 2.24) is 36.5 Å². The zero-order chi connectivity index (χ0) is 41.5. The van der Waals surface area contributed by atoms with E-state index in [1.54, 1.807) is 12.3 Å². The molecule has 0 aliphatic carbocycles. The van der Waals surface area contributed by atoms with Crippen LogP contribution in [0.5, 0.6) is 0 Å². The molecule has 7 amide bonds. The third kappa shape index (κ3) is 14.1. The number of carboxylic acids is 1. The van der Waals surface area contributed by atoms with Crippen molar-refractivity contribution >= 4 is 85.8 Å². The minimum absolute atomic E-state index is 0. The van der Waals surface area contributed by atoms with Gasteiger partial charge in [-0.2, -0.15) is 0 Å². The van der Waals surface area contributed by atoms with Crippen LogP contribution >= 0.6 is 21.6 Å². The molecule has 20 nitrogen and oxygen atoms in total. The minimum Gasteiger partial charge on any atom is -0.481 e. The third-order valence-electron chi connectivity index (χ3n) is 9.24. The highest BCUT2D eigenvalue weighted by Gasteiger charge is 2.40. The first-order chi connectivity index (χ1) is 27.2. The molecule has 2 aromatic rings. The number of rotatable bonds is 10. The van der Waals surface area contributed by atoms with Gasteiger partial charge in [-0.15, -0.1) is 0 Å². The number of aliphatic imine (C=N–C) groups is 1. The van der Waals surface area contributed by atoms with Gasteiger partial charge in [0.25, 0.3) is 0 Å². The van der Waals surface area contributed by atoms with E-state index in [0.29, 0.717) is 24.8 Å². The lowest BCUT2D eigenvalue weighted by Crippen LogP contribution is -2.59. The van der Waals surface area contributed by atoms with Crippen LogP contribution in [-0.2, 0) is 44.8 Å². The Labute approximate surface area is 343 Å². The van der Waals surface area contributed by atoms with E-state index in [2.05, 4.69) is 36.6 Å². The molecule has 0 spiro atoms. The fraction of sp³-hybridized carbons (Fsp3) is 0.528. The van der Waals surface area contributed by atoms with E-state index >= 15 is 0 Å². The number of para-hydroxylation sites is 1. The second-order valence-corrected chi connectivity index (χ2v) is 16.1. The molecule has 5 unspecified atom stereocenters. The number of carbonyl (C=O) groups is 8. The number of aromatic nitrogens is 1. The van der Waals surface area contributed by atoms with Crippen molar-refractivity contribution in [2.24, 2.45) is 22.2 Å². The first-order valence-electron chi connectivity index (χ1n) is 18.4. The molecule has 13 N–H and O–H groups in total. The van der Waals surface area contributed by atoms with Crippen LogP contribution in [0, 0.1) is 0 Å². The first-order valence-corrected chi connectivity index (χ1v) is 20.9. The molecule has 0 radical (unpaired) electrons. The number of hydrogen-bond donors (Lipinski definition) is 10. The Morgan fingerprint density at radius 2 is 1.62 bits per heavy atom. The molecule has 2 aliphatic rings. The number of aliphatic carboxylic acids is 1. The van der Waals surface area contributed by atoms with Gasteiger partial charge < -0.3 is 58.8 Å². The Morgan fingerprint density at radius 3 is 2.34 bits per heavy atom. The Bertz CT molecular complexity index is 1840. The van der Waals surface area contributed by atoms with Crippen LogP contribution in [0.3, 0.4) is 0 Å². The lowest BCUT2D eigenvalue weighted by molar-refractivity contribution is -0.143. The average molecular weight is 848 g/mol. The van der Waals surface area contributed by atoms with Crippen molar-refractivity contribution in [2.45, 2.75) is 89.0 Å². The zero-order valence-electron chi connectivity index (χ0n) is 31.1. The molecule has 2 saturated heterocycles. The van der Waals surface area contributed by atoms with Gasteiger partial charge in [-0.05, 0) is 43.7 Å². The molecule has 0 bridgehead atoms. The molecule has 1 aromatic heterocycles. The molecular weight excluding hydrogens is 795 g/mol. The number of amides is 7. The number of nitrogens with zero attached hydrogens (tertiary/aromatic N) is 2. The summed E-state index contributed by atoms with van der Waals surface area (Å²) in [5, 5.41) is 23.1. The molecule has 3 heterocycles. The zero-order valence-corrected chi connectivity index (χ0v) is 32.8. The number of aromatic amines is 1.